The number of nitrogens with one attached hydrogen (secondary N) is 1. The first-order chi connectivity index (χ1) is 15.3. The third kappa shape index (κ3) is 4.22. The van der Waals surface area contributed by atoms with Crippen LogP contribution in [0.3, 0.4) is 0 Å². The lowest BCUT2D eigenvalue weighted by atomic mass is 9.88. The lowest BCUT2D eigenvalue weighted by Gasteiger charge is -2.19. The van der Waals surface area contributed by atoms with Gasteiger partial charge in [0.2, 0.25) is 0 Å². The van der Waals surface area contributed by atoms with Crippen LogP contribution in [0.4, 0.5) is 10.1 Å². The van der Waals surface area contributed by atoms with Crippen molar-refractivity contribution < 1.29 is 14.1 Å². The molecule has 1 heterocycles. The maximum absolute atomic E-state index is 14.7. The molecule has 6 nitrogen and oxygen atoms in total. The Hall–Kier alpha value is -3.65. The predicted octanol–water partition coefficient (Wildman–Crippen LogP) is 5.67. The van der Waals surface area contributed by atoms with Crippen molar-refractivity contribution in [3.63, 3.8) is 0 Å². The number of rotatable bonds is 5. The number of nitro benzene ring substituents is 1. The molecule has 4 rings (SSSR count). The van der Waals surface area contributed by atoms with Gasteiger partial charge in [0, 0.05) is 34.5 Å². The zero-order valence-electron chi connectivity index (χ0n) is 16.6. The molecule has 8 heteroatoms. The first-order valence-corrected chi connectivity index (χ1v) is 10.5. The van der Waals surface area contributed by atoms with Gasteiger partial charge in [0.25, 0.3) is 11.2 Å². The summed E-state index contributed by atoms with van der Waals surface area (Å²) in [6.07, 6.45) is 5.71. The van der Waals surface area contributed by atoms with Crippen LogP contribution in [0.1, 0.15) is 33.6 Å². The van der Waals surface area contributed by atoms with Crippen molar-refractivity contribution in [2.24, 2.45) is 0 Å². The zero-order chi connectivity index (χ0) is 22.8. The van der Waals surface area contributed by atoms with Gasteiger partial charge in [-0.1, -0.05) is 40.2 Å². The maximum atomic E-state index is 14.7. The highest BCUT2D eigenvalue weighted by atomic mass is 79.9. The number of nitrogens with zero attached hydrogens (tertiary/aromatic N) is 1. The van der Waals surface area contributed by atoms with Crippen LogP contribution in [-0.2, 0) is 6.42 Å². The lowest BCUT2D eigenvalue weighted by Crippen LogP contribution is -2.23. The molecule has 160 valence electrons. The summed E-state index contributed by atoms with van der Waals surface area (Å²) in [5.41, 5.74) is 1.38. The van der Waals surface area contributed by atoms with E-state index in [9.17, 15) is 24.1 Å². The number of halogens is 2. The van der Waals surface area contributed by atoms with Crippen molar-refractivity contribution in [2.75, 3.05) is 0 Å². The number of fused-ring (bicyclic) bond motifs is 1. The molecule has 0 aliphatic heterocycles. The van der Waals surface area contributed by atoms with Gasteiger partial charge >= 0.3 is 0 Å². The molecule has 0 radical (unpaired) electrons. The van der Waals surface area contributed by atoms with Crippen LogP contribution >= 0.6 is 15.9 Å². The summed E-state index contributed by atoms with van der Waals surface area (Å²) in [6, 6.07) is 11.6. The van der Waals surface area contributed by atoms with E-state index in [2.05, 4.69) is 20.9 Å². The van der Waals surface area contributed by atoms with E-state index >= 15 is 0 Å². The standard InChI is InChI=1S/C24H16BrFN2O4/c25-15-8-11-20-18(13-15)22(17-3-1-2-4-19(17)26)23(24(30)27-20)21(29)12-7-14-5-9-16(10-6-14)28(31)32/h1-7,9-10,12-13H,8,11H2,(H,27,30). The smallest absolute Gasteiger partial charge is 0.269 e. The summed E-state index contributed by atoms with van der Waals surface area (Å²) in [5, 5.41) is 10.8. The molecular formula is C24H16BrFN2O4. The van der Waals surface area contributed by atoms with Crippen molar-refractivity contribution in [3.05, 3.63) is 108 Å². The van der Waals surface area contributed by atoms with Crippen molar-refractivity contribution in [2.45, 2.75) is 12.8 Å². The quantitative estimate of drug-likeness (QED) is 0.214. The van der Waals surface area contributed by atoms with Gasteiger partial charge in [-0.3, -0.25) is 19.7 Å². The van der Waals surface area contributed by atoms with Crippen molar-refractivity contribution in [1.29, 1.82) is 0 Å². The van der Waals surface area contributed by atoms with Gasteiger partial charge in [-0.15, -0.1) is 0 Å². The molecule has 1 N–H and O–H groups in total. The van der Waals surface area contributed by atoms with Crippen LogP contribution in [-0.4, -0.2) is 15.7 Å². The molecule has 0 atom stereocenters. The molecule has 0 unspecified atom stereocenters. The number of aromatic nitrogens is 1. The second kappa shape index (κ2) is 8.84. The second-order valence-electron chi connectivity index (χ2n) is 7.21. The molecule has 0 spiro atoms. The normalized spacial score (nSPS) is 13.0. The van der Waals surface area contributed by atoms with E-state index in [0.29, 0.717) is 29.7 Å². The van der Waals surface area contributed by atoms with E-state index in [1.54, 1.807) is 18.2 Å². The fourth-order valence-corrected chi connectivity index (χ4v) is 4.06. The van der Waals surface area contributed by atoms with Gasteiger partial charge in [-0.25, -0.2) is 4.39 Å². The average molecular weight is 495 g/mol. The summed E-state index contributed by atoms with van der Waals surface area (Å²) >= 11 is 3.47. The van der Waals surface area contributed by atoms with E-state index in [4.69, 9.17) is 0 Å². The number of hydrogen-bond acceptors (Lipinski definition) is 4. The summed E-state index contributed by atoms with van der Waals surface area (Å²) in [7, 11) is 0. The van der Waals surface area contributed by atoms with Crippen molar-refractivity contribution in [1.82, 2.24) is 4.98 Å². The molecule has 0 saturated heterocycles. The van der Waals surface area contributed by atoms with Gasteiger partial charge in [0.1, 0.15) is 5.82 Å². The fourth-order valence-electron chi connectivity index (χ4n) is 3.64. The Morgan fingerprint density at radius 3 is 2.53 bits per heavy atom. The van der Waals surface area contributed by atoms with Gasteiger partial charge in [-0.2, -0.15) is 0 Å². The fraction of sp³-hybridized carbons (Fsp3) is 0.0833. The van der Waals surface area contributed by atoms with Crippen LogP contribution in [0.5, 0.6) is 0 Å². The van der Waals surface area contributed by atoms with Crippen LogP contribution in [0.2, 0.25) is 0 Å². The highest BCUT2D eigenvalue weighted by molar-refractivity contribution is 9.11. The molecule has 1 aliphatic rings. The molecule has 3 aromatic rings. The number of carbonyl (C=O) groups is 1. The summed E-state index contributed by atoms with van der Waals surface area (Å²) in [6.45, 7) is 0. The minimum Gasteiger partial charge on any atom is -0.325 e. The SMILES string of the molecule is O=C(C=Cc1ccc([N+](=O)[O-])cc1)c1c(-c2ccccc2F)c2c([nH]c1=O)CCC(Br)=C2. The molecule has 0 fully saturated rings. The number of carbonyl (C=O) groups excluding carboxylic acids is 1. The molecule has 32 heavy (non-hydrogen) atoms. The first kappa shape index (κ1) is 21.6. The number of allylic oxidation sites excluding steroid dienone is 2. The summed E-state index contributed by atoms with van der Waals surface area (Å²) in [5.74, 6) is -1.13. The number of aromatic amines is 1. The number of benzene rings is 2. The first-order valence-electron chi connectivity index (χ1n) is 9.72. The molecule has 0 amide bonds. The topological polar surface area (TPSA) is 93.1 Å². The van der Waals surface area contributed by atoms with E-state index in [1.807, 2.05) is 0 Å². The number of H-pyrrole nitrogens is 1. The Morgan fingerprint density at radius 1 is 1.12 bits per heavy atom. The number of hydrogen-bond donors (Lipinski definition) is 1. The van der Waals surface area contributed by atoms with Crippen LogP contribution < -0.4 is 5.56 Å². The second-order valence-corrected chi connectivity index (χ2v) is 8.23. The monoisotopic (exact) mass is 494 g/mol. The molecular weight excluding hydrogens is 479 g/mol. The predicted molar refractivity (Wildman–Crippen MR) is 124 cm³/mol. The Balaban J connectivity index is 1.84. The maximum Gasteiger partial charge on any atom is 0.269 e. The van der Waals surface area contributed by atoms with Gasteiger partial charge < -0.3 is 4.98 Å². The van der Waals surface area contributed by atoms with Gasteiger partial charge in [-0.05, 0) is 53.2 Å². The summed E-state index contributed by atoms with van der Waals surface area (Å²) < 4.78 is 15.6. The molecule has 0 bridgehead atoms. The summed E-state index contributed by atoms with van der Waals surface area (Å²) in [4.78, 5) is 39.1. The number of aryl methyl sites for hydroxylation is 1. The zero-order valence-corrected chi connectivity index (χ0v) is 18.2. The lowest BCUT2D eigenvalue weighted by molar-refractivity contribution is -0.384. The third-order valence-corrected chi connectivity index (χ3v) is 5.80. The molecule has 1 aliphatic carbocycles. The Kier molecular flexibility index (Phi) is 5.96. The number of non-ortho nitro benzene ring substituents is 1. The van der Waals surface area contributed by atoms with Gasteiger partial charge in [0.05, 0.1) is 10.5 Å². The molecule has 2 aromatic carbocycles. The van der Waals surface area contributed by atoms with Crippen LogP contribution in [0, 0.1) is 15.9 Å². The van der Waals surface area contributed by atoms with E-state index in [-0.39, 0.29) is 22.4 Å². The third-order valence-electron chi connectivity index (χ3n) is 5.17. The van der Waals surface area contributed by atoms with E-state index in [1.165, 1.54) is 48.6 Å². The van der Waals surface area contributed by atoms with Crippen LogP contribution in [0.25, 0.3) is 23.3 Å². The minimum absolute atomic E-state index is 0.0705. The Bertz CT molecular complexity index is 1360. The molecule has 0 saturated carbocycles. The van der Waals surface area contributed by atoms with Crippen molar-refractivity contribution >= 4 is 39.6 Å². The number of nitro groups is 1. The number of ketones is 1. The van der Waals surface area contributed by atoms with Crippen LogP contribution in [0.15, 0.2) is 63.9 Å². The van der Waals surface area contributed by atoms with E-state index in [0.717, 1.165) is 4.48 Å². The Labute approximate surface area is 190 Å². The average Bonchev–Trinajstić information content (AvgIpc) is 2.77. The largest absolute Gasteiger partial charge is 0.325 e. The Morgan fingerprint density at radius 2 is 1.84 bits per heavy atom. The number of pyridine rings is 1. The molecule has 1 aromatic heterocycles. The highest BCUT2D eigenvalue weighted by Gasteiger charge is 2.25. The van der Waals surface area contributed by atoms with Gasteiger partial charge in [0.15, 0.2) is 5.78 Å². The van der Waals surface area contributed by atoms with Crippen molar-refractivity contribution in [3.8, 4) is 11.1 Å². The highest BCUT2D eigenvalue weighted by Crippen LogP contribution is 2.36. The van der Waals surface area contributed by atoms with E-state index < -0.39 is 22.1 Å². The minimum atomic E-state index is -0.597.